The van der Waals surface area contributed by atoms with Crippen molar-refractivity contribution in [3.05, 3.63) is 59.2 Å². The van der Waals surface area contributed by atoms with Gasteiger partial charge in [-0.15, -0.1) is 0 Å². The minimum absolute atomic E-state index is 0.0340. The number of aryl methyl sites for hydroxylation is 1. The first-order chi connectivity index (χ1) is 14.1. The predicted molar refractivity (Wildman–Crippen MR) is 118 cm³/mol. The highest BCUT2D eigenvalue weighted by Gasteiger charge is 2.25. The lowest BCUT2D eigenvalue weighted by Crippen LogP contribution is -2.38. The Labute approximate surface area is 174 Å². The van der Waals surface area contributed by atoms with Gasteiger partial charge in [-0.2, -0.15) is 0 Å². The van der Waals surface area contributed by atoms with Gasteiger partial charge in [0.25, 0.3) is 5.91 Å². The number of amides is 1. The Morgan fingerprint density at radius 2 is 1.93 bits per heavy atom. The van der Waals surface area contributed by atoms with E-state index in [2.05, 4.69) is 47.5 Å². The lowest BCUT2D eigenvalue weighted by Gasteiger charge is -2.25. The number of hydrogen-bond acceptors (Lipinski definition) is 3. The summed E-state index contributed by atoms with van der Waals surface area (Å²) in [5.74, 6) is 0.848. The fourth-order valence-electron chi connectivity index (χ4n) is 4.68. The largest absolute Gasteiger partial charge is 0.481 e. The van der Waals surface area contributed by atoms with Crippen molar-refractivity contribution in [3.8, 4) is 5.75 Å². The third-order valence-corrected chi connectivity index (χ3v) is 6.25. The normalized spacial score (nSPS) is 18.7. The van der Waals surface area contributed by atoms with E-state index >= 15 is 0 Å². The van der Waals surface area contributed by atoms with Crippen molar-refractivity contribution >= 4 is 11.6 Å². The molecule has 0 spiro atoms. The van der Waals surface area contributed by atoms with Gasteiger partial charge in [0.2, 0.25) is 0 Å². The zero-order chi connectivity index (χ0) is 20.2. The molecule has 1 amide bonds. The van der Waals surface area contributed by atoms with Crippen molar-refractivity contribution in [3.63, 3.8) is 0 Å². The summed E-state index contributed by atoms with van der Waals surface area (Å²) in [7, 11) is 0. The third kappa shape index (κ3) is 4.42. The van der Waals surface area contributed by atoms with Crippen molar-refractivity contribution in [2.24, 2.45) is 0 Å². The van der Waals surface area contributed by atoms with E-state index in [-0.39, 0.29) is 5.91 Å². The number of nitrogens with zero attached hydrogens (tertiary/aromatic N) is 1. The number of hydrogen-bond donors (Lipinski definition) is 1. The Bertz CT molecular complexity index is 864. The van der Waals surface area contributed by atoms with Crippen molar-refractivity contribution in [2.75, 3.05) is 18.0 Å². The Morgan fingerprint density at radius 1 is 1.14 bits per heavy atom. The van der Waals surface area contributed by atoms with Crippen LogP contribution in [0.1, 0.15) is 49.8 Å². The van der Waals surface area contributed by atoms with E-state index in [0.717, 1.165) is 38.0 Å². The molecular weight excluding hydrogens is 360 g/mol. The van der Waals surface area contributed by atoms with E-state index < -0.39 is 6.10 Å². The van der Waals surface area contributed by atoms with Crippen LogP contribution >= 0.6 is 0 Å². The Kier molecular flexibility index (Phi) is 6.08. The minimum atomic E-state index is -0.477. The molecule has 4 heteroatoms. The van der Waals surface area contributed by atoms with Crippen molar-refractivity contribution in [2.45, 2.75) is 64.5 Å². The third-order valence-electron chi connectivity index (χ3n) is 6.25. The van der Waals surface area contributed by atoms with Crippen molar-refractivity contribution < 1.29 is 9.53 Å². The van der Waals surface area contributed by atoms with Crippen LogP contribution in [-0.4, -0.2) is 31.1 Å². The molecule has 2 aromatic carbocycles. The van der Waals surface area contributed by atoms with Gasteiger partial charge in [-0.05, 0) is 81.2 Å². The molecule has 0 saturated carbocycles. The first-order valence-electron chi connectivity index (χ1n) is 11.0. The quantitative estimate of drug-likeness (QED) is 0.715. The highest BCUT2D eigenvalue weighted by molar-refractivity contribution is 5.80. The van der Waals surface area contributed by atoms with Gasteiger partial charge >= 0.3 is 0 Å². The summed E-state index contributed by atoms with van der Waals surface area (Å²) < 4.78 is 6.05. The molecule has 154 valence electrons. The second-order valence-corrected chi connectivity index (χ2v) is 8.38. The molecule has 4 nitrogen and oxygen atoms in total. The predicted octanol–water partition coefficient (Wildman–Crippen LogP) is 4.29. The number of carbonyl (C=O) groups excluding carboxylic acids is 1. The Hall–Kier alpha value is -2.49. The van der Waals surface area contributed by atoms with Crippen LogP contribution in [0, 0.1) is 0 Å². The van der Waals surface area contributed by atoms with Crippen LogP contribution < -0.4 is 15.0 Å². The summed E-state index contributed by atoms with van der Waals surface area (Å²) in [6.45, 7) is 5.75. The molecule has 2 atom stereocenters. The molecule has 0 aromatic heterocycles. The number of benzene rings is 2. The SMILES string of the molecule is C[C@H](Oc1cccc2c1CCCC2)C(=O)NCCCN1c2ccccc2C[C@H]1C. The summed E-state index contributed by atoms with van der Waals surface area (Å²) in [6, 6.07) is 15.4. The molecule has 29 heavy (non-hydrogen) atoms. The van der Waals surface area contributed by atoms with Crippen molar-refractivity contribution in [1.82, 2.24) is 5.32 Å². The van der Waals surface area contributed by atoms with Gasteiger partial charge in [-0.25, -0.2) is 0 Å². The monoisotopic (exact) mass is 392 g/mol. The molecule has 0 fully saturated rings. The smallest absolute Gasteiger partial charge is 0.260 e. The lowest BCUT2D eigenvalue weighted by atomic mass is 9.91. The highest BCUT2D eigenvalue weighted by Crippen LogP contribution is 2.32. The van der Waals surface area contributed by atoms with E-state index in [1.165, 1.54) is 35.2 Å². The van der Waals surface area contributed by atoms with E-state index in [1.54, 1.807) is 0 Å². The summed E-state index contributed by atoms with van der Waals surface area (Å²) in [5, 5.41) is 3.05. The maximum atomic E-state index is 12.5. The molecule has 1 N–H and O–H groups in total. The standard InChI is InChI=1S/C25H32N2O2/c1-18-17-21-10-4-6-13-23(21)27(18)16-8-15-26-25(28)19(2)29-24-14-7-11-20-9-3-5-12-22(20)24/h4,6-7,10-11,13-14,18-19H,3,5,8-9,12,15-17H2,1-2H3,(H,26,28)/t18-,19+/m1/s1. The van der Waals surface area contributed by atoms with E-state index in [4.69, 9.17) is 4.74 Å². The molecule has 2 aromatic rings. The number of anilines is 1. The number of nitrogens with one attached hydrogen (secondary N) is 1. The zero-order valence-corrected chi connectivity index (χ0v) is 17.6. The number of carbonyl (C=O) groups is 1. The first kappa shape index (κ1) is 19.8. The van der Waals surface area contributed by atoms with Crippen LogP contribution in [0.5, 0.6) is 5.75 Å². The average Bonchev–Trinajstić information content (AvgIpc) is 3.06. The van der Waals surface area contributed by atoms with Gasteiger partial charge in [0.05, 0.1) is 0 Å². The summed E-state index contributed by atoms with van der Waals surface area (Å²) >= 11 is 0. The van der Waals surface area contributed by atoms with E-state index in [0.29, 0.717) is 12.6 Å². The van der Waals surface area contributed by atoms with Crippen LogP contribution in [-0.2, 0) is 24.1 Å². The van der Waals surface area contributed by atoms with Crippen LogP contribution in [0.3, 0.4) is 0 Å². The van der Waals surface area contributed by atoms with Crippen LogP contribution in [0.25, 0.3) is 0 Å². The molecule has 0 radical (unpaired) electrons. The molecule has 0 saturated heterocycles. The van der Waals surface area contributed by atoms with Gasteiger partial charge in [0.15, 0.2) is 6.10 Å². The van der Waals surface area contributed by atoms with Gasteiger partial charge in [-0.3, -0.25) is 4.79 Å². The fourth-order valence-corrected chi connectivity index (χ4v) is 4.68. The number of ether oxygens (including phenoxy) is 1. The van der Waals surface area contributed by atoms with Crippen LogP contribution in [0.4, 0.5) is 5.69 Å². The molecular formula is C25H32N2O2. The van der Waals surface area contributed by atoms with Gasteiger partial charge < -0.3 is 15.0 Å². The van der Waals surface area contributed by atoms with E-state index in [9.17, 15) is 4.79 Å². The molecule has 1 aliphatic carbocycles. The number of para-hydroxylation sites is 1. The van der Waals surface area contributed by atoms with Crippen molar-refractivity contribution in [1.29, 1.82) is 0 Å². The van der Waals surface area contributed by atoms with Crippen LogP contribution in [0.2, 0.25) is 0 Å². The maximum Gasteiger partial charge on any atom is 0.260 e. The minimum Gasteiger partial charge on any atom is -0.481 e. The van der Waals surface area contributed by atoms with Crippen LogP contribution in [0.15, 0.2) is 42.5 Å². The van der Waals surface area contributed by atoms with Gasteiger partial charge in [0.1, 0.15) is 5.75 Å². The van der Waals surface area contributed by atoms with Gasteiger partial charge in [-0.1, -0.05) is 30.3 Å². The summed E-state index contributed by atoms with van der Waals surface area (Å²) in [4.78, 5) is 15.0. The topological polar surface area (TPSA) is 41.6 Å². The summed E-state index contributed by atoms with van der Waals surface area (Å²) in [5.41, 5.74) is 5.44. The maximum absolute atomic E-state index is 12.5. The molecule has 0 bridgehead atoms. The molecule has 1 aliphatic heterocycles. The van der Waals surface area contributed by atoms with E-state index in [1.807, 2.05) is 19.1 Å². The lowest BCUT2D eigenvalue weighted by molar-refractivity contribution is -0.127. The Balaban J connectivity index is 1.25. The molecule has 1 heterocycles. The fraction of sp³-hybridized carbons (Fsp3) is 0.480. The second-order valence-electron chi connectivity index (χ2n) is 8.38. The second kappa shape index (κ2) is 8.89. The number of rotatable bonds is 7. The Morgan fingerprint density at radius 3 is 2.83 bits per heavy atom. The summed E-state index contributed by atoms with van der Waals surface area (Å²) in [6.07, 6.45) is 6.17. The molecule has 4 rings (SSSR count). The van der Waals surface area contributed by atoms with Gasteiger partial charge in [0, 0.05) is 24.8 Å². The zero-order valence-electron chi connectivity index (χ0n) is 17.6. The molecule has 0 unspecified atom stereocenters. The number of fused-ring (bicyclic) bond motifs is 2. The average molecular weight is 393 g/mol. The molecule has 2 aliphatic rings. The highest BCUT2D eigenvalue weighted by atomic mass is 16.5. The first-order valence-corrected chi connectivity index (χ1v) is 11.0.